The summed E-state index contributed by atoms with van der Waals surface area (Å²) in [6.45, 7) is 0. The van der Waals surface area contributed by atoms with Crippen molar-refractivity contribution in [3.05, 3.63) is 24.3 Å². The van der Waals surface area contributed by atoms with Crippen molar-refractivity contribution < 1.29 is 27.9 Å². The molecule has 0 aromatic carbocycles. The van der Waals surface area contributed by atoms with E-state index in [1.165, 1.54) is 18.7 Å². The molecule has 0 radical (unpaired) electrons. The van der Waals surface area contributed by atoms with Crippen LogP contribution in [0.3, 0.4) is 0 Å². The predicted molar refractivity (Wildman–Crippen MR) is 47.4 cm³/mol. The van der Waals surface area contributed by atoms with Crippen LogP contribution in [0.15, 0.2) is 18.7 Å². The third-order valence-electron chi connectivity index (χ3n) is 1.20. The van der Waals surface area contributed by atoms with Gasteiger partial charge < -0.3 is 5.11 Å². The van der Waals surface area contributed by atoms with Gasteiger partial charge >= 0.3 is 12.1 Å². The minimum atomic E-state index is -5.08. The summed E-state index contributed by atoms with van der Waals surface area (Å²) in [6.07, 6.45) is -0.975. The fraction of sp³-hybridized carbons (Fsp3) is 0.143. The van der Waals surface area contributed by atoms with Gasteiger partial charge in [0.25, 0.3) is 5.91 Å². The summed E-state index contributed by atoms with van der Waals surface area (Å²) in [5, 5.41) is 7.12. The van der Waals surface area contributed by atoms with Gasteiger partial charge in [0.15, 0.2) is 0 Å². The van der Waals surface area contributed by atoms with E-state index < -0.39 is 12.1 Å². The Kier molecular flexibility index (Phi) is 5.54. The molecule has 1 amide bonds. The number of nitrogen functional groups attached to an aromatic ring is 1. The van der Waals surface area contributed by atoms with E-state index in [4.69, 9.17) is 15.7 Å². The predicted octanol–water partition coefficient (Wildman–Crippen LogP) is -0.287. The van der Waals surface area contributed by atoms with Crippen molar-refractivity contribution in [3.63, 3.8) is 0 Å². The number of rotatable bonds is 1. The molecule has 1 heterocycles. The molecule has 0 aliphatic rings. The number of nitrogens with two attached hydrogens (primary N) is 1. The first-order chi connectivity index (χ1) is 7.79. The summed E-state index contributed by atoms with van der Waals surface area (Å²) < 4.78 is 31.7. The van der Waals surface area contributed by atoms with Gasteiger partial charge in [-0.25, -0.2) is 20.6 Å². The van der Waals surface area contributed by atoms with Gasteiger partial charge in [-0.05, 0) is 0 Å². The quantitative estimate of drug-likeness (QED) is 0.359. The first-order valence-corrected chi connectivity index (χ1v) is 3.85. The lowest BCUT2D eigenvalue weighted by Gasteiger charge is -1.94. The summed E-state index contributed by atoms with van der Waals surface area (Å²) in [6, 6.07) is 0. The van der Waals surface area contributed by atoms with Crippen LogP contribution in [0.5, 0.6) is 0 Å². The van der Waals surface area contributed by atoms with E-state index in [9.17, 15) is 18.0 Å². The van der Waals surface area contributed by atoms with E-state index in [1.54, 1.807) is 0 Å². The van der Waals surface area contributed by atoms with Crippen LogP contribution in [-0.2, 0) is 4.79 Å². The first kappa shape index (κ1) is 14.8. The van der Waals surface area contributed by atoms with E-state index in [0.29, 0.717) is 5.56 Å². The van der Waals surface area contributed by atoms with Gasteiger partial charge in [0.2, 0.25) is 0 Å². The molecule has 1 aromatic rings. The molecule has 0 saturated heterocycles. The Balaban J connectivity index is 0.000000325. The molecule has 0 saturated carbocycles. The van der Waals surface area contributed by atoms with E-state index >= 15 is 0 Å². The summed E-state index contributed by atoms with van der Waals surface area (Å²) in [7, 11) is 0. The lowest BCUT2D eigenvalue weighted by atomic mass is 10.3. The third kappa shape index (κ3) is 6.04. The largest absolute Gasteiger partial charge is 0.490 e. The van der Waals surface area contributed by atoms with Crippen molar-refractivity contribution in [1.82, 2.24) is 15.4 Å². The lowest BCUT2D eigenvalue weighted by molar-refractivity contribution is -0.192. The minimum Gasteiger partial charge on any atom is -0.475 e. The van der Waals surface area contributed by atoms with Gasteiger partial charge in [-0.3, -0.25) is 10.2 Å². The van der Waals surface area contributed by atoms with Gasteiger partial charge in [-0.2, -0.15) is 13.2 Å². The topological polar surface area (TPSA) is 118 Å². The van der Waals surface area contributed by atoms with E-state index in [1.807, 2.05) is 5.43 Å². The van der Waals surface area contributed by atoms with Crippen molar-refractivity contribution in [2.45, 2.75) is 6.18 Å². The second kappa shape index (κ2) is 6.37. The number of hydrogen-bond acceptors (Lipinski definition) is 5. The van der Waals surface area contributed by atoms with Gasteiger partial charge in [0.05, 0.1) is 5.56 Å². The standard InChI is InChI=1S/C5H6N4O.C2HF3O2/c6-9-5(10)4-1-7-3-8-2-4;3-2(4,5)1(6)7/h1-3H,6H2,(H,9,10);(H,6,7). The summed E-state index contributed by atoms with van der Waals surface area (Å²) >= 11 is 0. The number of hydrazine groups is 1. The first-order valence-electron chi connectivity index (χ1n) is 3.85. The van der Waals surface area contributed by atoms with E-state index in [0.717, 1.165) is 0 Å². The van der Waals surface area contributed by atoms with Crippen LogP contribution in [0.4, 0.5) is 13.2 Å². The number of carbonyl (C=O) groups is 2. The molecule has 0 spiro atoms. The van der Waals surface area contributed by atoms with Gasteiger partial charge in [0.1, 0.15) is 6.33 Å². The zero-order valence-corrected chi connectivity index (χ0v) is 8.10. The Morgan fingerprint density at radius 1 is 1.29 bits per heavy atom. The Hall–Kier alpha value is -2.23. The van der Waals surface area contributed by atoms with Gasteiger partial charge in [-0.1, -0.05) is 0 Å². The summed E-state index contributed by atoms with van der Waals surface area (Å²) in [5.74, 6) is 1.70. The highest BCUT2D eigenvalue weighted by Crippen LogP contribution is 2.13. The number of hydrogen-bond donors (Lipinski definition) is 3. The molecule has 17 heavy (non-hydrogen) atoms. The SMILES string of the molecule is NNC(=O)c1cncnc1.O=C(O)C(F)(F)F. The van der Waals surface area contributed by atoms with Crippen molar-refractivity contribution in [2.75, 3.05) is 0 Å². The highest BCUT2D eigenvalue weighted by molar-refractivity contribution is 5.92. The van der Waals surface area contributed by atoms with Crippen molar-refractivity contribution in [3.8, 4) is 0 Å². The second-order valence-corrected chi connectivity index (χ2v) is 2.40. The number of amides is 1. The van der Waals surface area contributed by atoms with E-state index in [-0.39, 0.29) is 5.91 Å². The van der Waals surface area contributed by atoms with Gasteiger partial charge in [0, 0.05) is 12.4 Å². The molecule has 0 atom stereocenters. The monoisotopic (exact) mass is 252 g/mol. The molecule has 0 unspecified atom stereocenters. The number of aliphatic carboxylic acids is 1. The number of alkyl halides is 3. The number of carboxylic acids is 1. The van der Waals surface area contributed by atoms with Gasteiger partial charge in [-0.15, -0.1) is 0 Å². The molecule has 0 fully saturated rings. The van der Waals surface area contributed by atoms with Crippen LogP contribution in [-0.4, -0.2) is 33.1 Å². The molecule has 1 rings (SSSR count). The number of carbonyl (C=O) groups excluding carboxylic acids is 1. The number of carboxylic acid groups (broad SMARTS) is 1. The average Bonchev–Trinajstić information content (AvgIpc) is 2.28. The summed E-state index contributed by atoms with van der Waals surface area (Å²) in [4.78, 5) is 26.8. The molecular formula is C7H7F3N4O3. The fourth-order valence-electron chi connectivity index (χ4n) is 0.500. The molecule has 0 bridgehead atoms. The maximum absolute atomic E-state index is 10.7. The normalized spacial score (nSPS) is 9.88. The Labute approximate surface area is 92.4 Å². The smallest absolute Gasteiger partial charge is 0.475 e. The maximum atomic E-state index is 10.7. The van der Waals surface area contributed by atoms with Crippen LogP contribution >= 0.6 is 0 Å². The summed E-state index contributed by atoms with van der Waals surface area (Å²) in [5.41, 5.74) is 2.31. The molecule has 1 aromatic heterocycles. The Morgan fingerprint density at radius 2 is 1.71 bits per heavy atom. The molecular weight excluding hydrogens is 245 g/mol. The van der Waals surface area contributed by atoms with Crippen LogP contribution in [0, 0.1) is 0 Å². The lowest BCUT2D eigenvalue weighted by Crippen LogP contribution is -2.30. The highest BCUT2D eigenvalue weighted by Gasteiger charge is 2.38. The van der Waals surface area contributed by atoms with Crippen LogP contribution in [0.2, 0.25) is 0 Å². The molecule has 0 aliphatic heterocycles. The Bertz CT molecular complexity index is 382. The average molecular weight is 252 g/mol. The fourth-order valence-corrected chi connectivity index (χ4v) is 0.500. The molecule has 10 heteroatoms. The van der Waals surface area contributed by atoms with Crippen LogP contribution in [0.25, 0.3) is 0 Å². The molecule has 94 valence electrons. The maximum Gasteiger partial charge on any atom is 0.490 e. The van der Waals surface area contributed by atoms with Crippen LogP contribution < -0.4 is 11.3 Å². The molecule has 4 N–H and O–H groups in total. The second-order valence-electron chi connectivity index (χ2n) is 2.40. The third-order valence-corrected chi connectivity index (χ3v) is 1.20. The molecule has 0 aliphatic carbocycles. The number of aromatic nitrogens is 2. The highest BCUT2D eigenvalue weighted by atomic mass is 19.4. The van der Waals surface area contributed by atoms with Crippen LogP contribution in [0.1, 0.15) is 10.4 Å². The number of halogens is 3. The number of nitrogens with zero attached hydrogens (tertiary/aromatic N) is 2. The van der Waals surface area contributed by atoms with Crippen molar-refractivity contribution in [1.29, 1.82) is 0 Å². The zero-order valence-electron chi connectivity index (χ0n) is 8.10. The van der Waals surface area contributed by atoms with E-state index in [2.05, 4.69) is 9.97 Å². The zero-order chi connectivity index (χ0) is 13.5. The Morgan fingerprint density at radius 3 is 2.00 bits per heavy atom. The minimum absolute atomic E-state index is 0.352. The van der Waals surface area contributed by atoms with Crippen molar-refractivity contribution in [2.24, 2.45) is 5.84 Å². The van der Waals surface area contributed by atoms with Crippen molar-refractivity contribution >= 4 is 11.9 Å². The molecule has 7 nitrogen and oxygen atoms in total. The number of nitrogens with one attached hydrogen (secondary N) is 1.